The van der Waals surface area contributed by atoms with E-state index in [2.05, 4.69) is 5.32 Å². The molecule has 0 bridgehead atoms. The normalized spacial score (nSPS) is 34.9. The molecule has 2 aliphatic rings. The van der Waals surface area contributed by atoms with Crippen molar-refractivity contribution in [3.8, 4) is 0 Å². The van der Waals surface area contributed by atoms with Gasteiger partial charge in [0.25, 0.3) is 0 Å². The molecule has 14 heavy (non-hydrogen) atoms. The van der Waals surface area contributed by atoms with Gasteiger partial charge < -0.3 is 15.8 Å². The molecule has 2 atom stereocenters. The van der Waals surface area contributed by atoms with Gasteiger partial charge in [-0.1, -0.05) is 19.3 Å². The van der Waals surface area contributed by atoms with E-state index < -0.39 is 0 Å². The minimum Gasteiger partial charge on any atom is -0.379 e. The lowest BCUT2D eigenvalue weighted by Crippen LogP contribution is -2.40. The molecular weight excluding hydrogens is 176 g/mol. The second-order valence-corrected chi connectivity index (χ2v) is 4.70. The van der Waals surface area contributed by atoms with Crippen LogP contribution in [0.4, 0.5) is 0 Å². The summed E-state index contributed by atoms with van der Waals surface area (Å²) < 4.78 is 5.34. The van der Waals surface area contributed by atoms with Crippen LogP contribution in [0.5, 0.6) is 0 Å². The molecule has 1 aliphatic heterocycles. The van der Waals surface area contributed by atoms with Gasteiger partial charge in [0.1, 0.15) is 0 Å². The topological polar surface area (TPSA) is 47.3 Å². The van der Waals surface area contributed by atoms with Crippen LogP contribution in [0, 0.1) is 5.92 Å². The summed E-state index contributed by atoms with van der Waals surface area (Å²) in [5, 5.41) is 3.63. The molecule has 1 heterocycles. The zero-order valence-corrected chi connectivity index (χ0v) is 8.87. The molecule has 1 aliphatic carbocycles. The smallest absolute Gasteiger partial charge is 0.0621 e. The molecule has 2 rings (SSSR count). The third-order valence-corrected chi connectivity index (χ3v) is 3.52. The van der Waals surface area contributed by atoms with Crippen LogP contribution < -0.4 is 11.1 Å². The van der Waals surface area contributed by atoms with Gasteiger partial charge in [-0.15, -0.1) is 0 Å². The monoisotopic (exact) mass is 198 g/mol. The van der Waals surface area contributed by atoms with Crippen molar-refractivity contribution in [2.75, 3.05) is 19.8 Å². The fraction of sp³-hybridized carbons (Fsp3) is 1.00. The lowest BCUT2D eigenvalue weighted by atomic mass is 9.94. The van der Waals surface area contributed by atoms with Crippen molar-refractivity contribution in [1.29, 1.82) is 0 Å². The quantitative estimate of drug-likeness (QED) is 0.708. The highest BCUT2D eigenvalue weighted by atomic mass is 16.5. The molecule has 3 N–H and O–H groups in total. The van der Waals surface area contributed by atoms with Crippen LogP contribution in [-0.2, 0) is 4.74 Å². The van der Waals surface area contributed by atoms with Crippen molar-refractivity contribution in [2.24, 2.45) is 11.7 Å². The summed E-state index contributed by atoms with van der Waals surface area (Å²) in [5.74, 6) is 0.539. The van der Waals surface area contributed by atoms with Crippen molar-refractivity contribution in [2.45, 2.75) is 44.2 Å². The Hall–Kier alpha value is -0.120. The number of hydrogen-bond donors (Lipinski definition) is 2. The summed E-state index contributed by atoms with van der Waals surface area (Å²) in [6.45, 7) is 2.64. The Bertz CT molecular complexity index is 169. The fourth-order valence-corrected chi connectivity index (χ4v) is 2.45. The van der Waals surface area contributed by atoms with Gasteiger partial charge in [0, 0.05) is 24.5 Å². The first-order chi connectivity index (χ1) is 6.86. The van der Waals surface area contributed by atoms with Crippen molar-refractivity contribution < 1.29 is 4.74 Å². The summed E-state index contributed by atoms with van der Waals surface area (Å²) in [6.07, 6.45) is 6.91. The Kier molecular flexibility index (Phi) is 3.79. The average molecular weight is 198 g/mol. The Labute approximate surface area is 86.4 Å². The van der Waals surface area contributed by atoms with E-state index in [-0.39, 0.29) is 6.04 Å². The average Bonchev–Trinajstić information content (AvgIpc) is 2.63. The Morgan fingerprint density at radius 1 is 1.14 bits per heavy atom. The van der Waals surface area contributed by atoms with E-state index in [4.69, 9.17) is 10.5 Å². The van der Waals surface area contributed by atoms with Crippen LogP contribution in [0.2, 0.25) is 0 Å². The van der Waals surface area contributed by atoms with Gasteiger partial charge >= 0.3 is 0 Å². The number of ether oxygens (including phenoxy) is 1. The molecule has 3 heteroatoms. The van der Waals surface area contributed by atoms with Gasteiger partial charge in [-0.25, -0.2) is 0 Å². The second kappa shape index (κ2) is 5.10. The maximum atomic E-state index is 5.93. The number of nitrogens with two attached hydrogens (primary N) is 1. The van der Waals surface area contributed by atoms with Crippen molar-refractivity contribution in [3.05, 3.63) is 0 Å². The molecule has 82 valence electrons. The molecule has 0 aromatic rings. The predicted molar refractivity (Wildman–Crippen MR) is 57.2 cm³/mol. The molecule has 3 nitrogen and oxygen atoms in total. The van der Waals surface area contributed by atoms with Crippen molar-refractivity contribution in [3.63, 3.8) is 0 Å². The Morgan fingerprint density at radius 2 is 1.93 bits per heavy atom. The highest BCUT2D eigenvalue weighted by Crippen LogP contribution is 2.18. The molecular formula is C11H22N2O. The molecule has 1 saturated carbocycles. The summed E-state index contributed by atoms with van der Waals surface area (Å²) in [5.41, 5.74) is 5.93. The Balaban J connectivity index is 1.65. The lowest BCUT2D eigenvalue weighted by molar-refractivity contribution is 0.182. The number of hydrogen-bond acceptors (Lipinski definition) is 3. The van der Waals surface area contributed by atoms with E-state index in [1.54, 1.807) is 0 Å². The maximum Gasteiger partial charge on any atom is 0.0621 e. The van der Waals surface area contributed by atoms with Gasteiger partial charge in [-0.3, -0.25) is 0 Å². The third-order valence-electron chi connectivity index (χ3n) is 3.52. The number of rotatable bonds is 3. The van der Waals surface area contributed by atoms with Crippen molar-refractivity contribution >= 4 is 0 Å². The molecule has 1 saturated heterocycles. The first kappa shape index (κ1) is 10.4. The van der Waals surface area contributed by atoms with E-state index in [0.717, 1.165) is 25.8 Å². The largest absolute Gasteiger partial charge is 0.379 e. The van der Waals surface area contributed by atoms with Gasteiger partial charge in [0.15, 0.2) is 0 Å². The SMILES string of the molecule is NC1COCC1CNC1CCCCC1. The molecule has 0 spiro atoms. The van der Waals surface area contributed by atoms with E-state index in [1.807, 2.05) is 0 Å². The van der Waals surface area contributed by atoms with Crippen LogP contribution in [0.25, 0.3) is 0 Å². The highest BCUT2D eigenvalue weighted by molar-refractivity contribution is 4.82. The van der Waals surface area contributed by atoms with Gasteiger partial charge in [0.2, 0.25) is 0 Å². The third kappa shape index (κ3) is 2.69. The molecule has 0 radical (unpaired) electrons. The van der Waals surface area contributed by atoms with Gasteiger partial charge in [0.05, 0.1) is 13.2 Å². The summed E-state index contributed by atoms with van der Waals surface area (Å²) in [7, 11) is 0. The van der Waals surface area contributed by atoms with E-state index in [0.29, 0.717) is 5.92 Å². The molecule has 0 aromatic heterocycles. The standard InChI is InChI=1S/C11H22N2O/c12-11-8-14-7-9(11)6-13-10-4-2-1-3-5-10/h9-11,13H,1-8,12H2. The second-order valence-electron chi connectivity index (χ2n) is 4.70. The van der Waals surface area contributed by atoms with Crippen LogP contribution in [0.3, 0.4) is 0 Å². The summed E-state index contributed by atoms with van der Waals surface area (Å²) in [4.78, 5) is 0. The minimum atomic E-state index is 0.256. The highest BCUT2D eigenvalue weighted by Gasteiger charge is 2.25. The maximum absolute atomic E-state index is 5.93. The predicted octanol–water partition coefficient (Wildman–Crippen LogP) is 0.882. The molecule has 2 fully saturated rings. The number of nitrogens with one attached hydrogen (secondary N) is 1. The van der Waals surface area contributed by atoms with Crippen LogP contribution in [0.1, 0.15) is 32.1 Å². The molecule has 0 amide bonds. The van der Waals surface area contributed by atoms with E-state index in [1.165, 1.54) is 32.1 Å². The fourth-order valence-electron chi connectivity index (χ4n) is 2.45. The minimum absolute atomic E-state index is 0.256. The zero-order valence-electron chi connectivity index (χ0n) is 8.87. The summed E-state index contributed by atoms with van der Waals surface area (Å²) >= 11 is 0. The van der Waals surface area contributed by atoms with Crippen molar-refractivity contribution in [1.82, 2.24) is 5.32 Å². The van der Waals surface area contributed by atoms with E-state index in [9.17, 15) is 0 Å². The summed E-state index contributed by atoms with van der Waals surface area (Å²) in [6, 6.07) is 1.00. The first-order valence-corrected chi connectivity index (χ1v) is 5.93. The van der Waals surface area contributed by atoms with Crippen LogP contribution in [-0.4, -0.2) is 31.8 Å². The van der Waals surface area contributed by atoms with Gasteiger partial charge in [-0.05, 0) is 12.8 Å². The van der Waals surface area contributed by atoms with Gasteiger partial charge in [-0.2, -0.15) is 0 Å². The Morgan fingerprint density at radius 3 is 2.57 bits per heavy atom. The zero-order chi connectivity index (χ0) is 9.80. The molecule has 2 unspecified atom stereocenters. The van der Waals surface area contributed by atoms with Crippen LogP contribution >= 0.6 is 0 Å². The van der Waals surface area contributed by atoms with Crippen LogP contribution in [0.15, 0.2) is 0 Å². The molecule has 0 aromatic carbocycles. The van der Waals surface area contributed by atoms with E-state index >= 15 is 0 Å². The first-order valence-electron chi connectivity index (χ1n) is 5.93. The lowest BCUT2D eigenvalue weighted by Gasteiger charge is -2.25.